The summed E-state index contributed by atoms with van der Waals surface area (Å²) in [6, 6.07) is 21.9. The van der Waals surface area contributed by atoms with Crippen LogP contribution >= 0.6 is 34.8 Å². The Bertz CT molecular complexity index is 1180. The highest BCUT2D eigenvalue weighted by atomic mass is 35.5. The van der Waals surface area contributed by atoms with Crippen LogP contribution in [0.25, 0.3) is 0 Å². The number of aliphatic hydroxyl groups excluding tert-OH is 1. The topological polar surface area (TPSA) is 70.7 Å². The molecule has 4 rings (SSSR count). The van der Waals surface area contributed by atoms with Crippen molar-refractivity contribution in [1.29, 1.82) is 5.26 Å². The number of hydrogen-bond donors (Lipinski definition) is 2. The molecule has 0 bridgehead atoms. The molecule has 3 aromatic carbocycles. The predicted octanol–water partition coefficient (Wildman–Crippen LogP) is 5.26. The van der Waals surface area contributed by atoms with Gasteiger partial charge in [-0.25, -0.2) is 0 Å². The normalized spacial score (nSPS) is 18.4. The minimum Gasteiger partial charge on any atom is -0.393 e. The van der Waals surface area contributed by atoms with Crippen LogP contribution in [0.5, 0.6) is 0 Å². The van der Waals surface area contributed by atoms with Crippen molar-refractivity contribution in [1.82, 2.24) is 4.90 Å². The van der Waals surface area contributed by atoms with Gasteiger partial charge in [-0.3, -0.25) is 4.90 Å². The van der Waals surface area contributed by atoms with E-state index in [9.17, 15) is 10.2 Å². The van der Waals surface area contributed by atoms with Gasteiger partial charge < -0.3 is 15.1 Å². The van der Waals surface area contributed by atoms with Gasteiger partial charge in [0.05, 0.1) is 35.0 Å². The molecule has 1 fully saturated rings. The van der Waals surface area contributed by atoms with Crippen molar-refractivity contribution in [3.05, 3.63) is 98.5 Å². The highest BCUT2D eigenvalue weighted by molar-refractivity contribution is 6.36. The standard InChI is InChI=1S/C26H24Cl3N3O2/c27-21-7-3-19(4-8-21)25-15-31(11-12-32(25)24-10-9-22(28)13-23(24)29)16-26(34,17-33)20-5-1-18(14-30)2-6-20/h1-10,13,25,33-34H,11-12,15-17H2/t25-,26?/m0/s1. The molecule has 0 saturated carbocycles. The van der Waals surface area contributed by atoms with E-state index in [0.717, 1.165) is 11.3 Å². The molecule has 1 heterocycles. The third-order valence-electron chi connectivity index (χ3n) is 6.24. The average Bonchev–Trinajstić information content (AvgIpc) is 2.85. The summed E-state index contributed by atoms with van der Waals surface area (Å²) in [6.45, 7) is 1.71. The molecular formula is C26H24Cl3N3O2. The summed E-state index contributed by atoms with van der Waals surface area (Å²) in [5.74, 6) is 0. The third kappa shape index (κ3) is 5.34. The Balaban J connectivity index is 1.62. The molecule has 176 valence electrons. The largest absolute Gasteiger partial charge is 0.393 e. The molecule has 5 nitrogen and oxygen atoms in total. The molecule has 0 radical (unpaired) electrons. The maximum Gasteiger partial charge on any atom is 0.125 e. The van der Waals surface area contributed by atoms with Gasteiger partial charge in [-0.2, -0.15) is 5.26 Å². The van der Waals surface area contributed by atoms with Gasteiger partial charge in [-0.15, -0.1) is 0 Å². The summed E-state index contributed by atoms with van der Waals surface area (Å²) in [4.78, 5) is 4.37. The van der Waals surface area contributed by atoms with Gasteiger partial charge in [0.15, 0.2) is 0 Å². The minimum atomic E-state index is -1.46. The molecule has 0 amide bonds. The Morgan fingerprint density at radius 3 is 2.24 bits per heavy atom. The van der Waals surface area contributed by atoms with Gasteiger partial charge in [0.2, 0.25) is 0 Å². The highest BCUT2D eigenvalue weighted by Gasteiger charge is 2.36. The first kappa shape index (κ1) is 24.8. The molecule has 0 spiro atoms. The van der Waals surface area contributed by atoms with E-state index >= 15 is 0 Å². The molecule has 0 aliphatic carbocycles. The second-order valence-corrected chi connectivity index (χ2v) is 9.75. The summed E-state index contributed by atoms with van der Waals surface area (Å²) in [7, 11) is 0. The second kappa shape index (κ2) is 10.5. The zero-order valence-electron chi connectivity index (χ0n) is 18.3. The van der Waals surface area contributed by atoms with Crippen LogP contribution in [-0.4, -0.2) is 47.9 Å². The Morgan fingerprint density at radius 1 is 0.941 bits per heavy atom. The summed E-state index contributed by atoms with van der Waals surface area (Å²) in [6.07, 6.45) is 0. The number of rotatable bonds is 6. The predicted molar refractivity (Wildman–Crippen MR) is 137 cm³/mol. The van der Waals surface area contributed by atoms with Gasteiger partial charge in [-0.1, -0.05) is 59.1 Å². The first-order valence-corrected chi connectivity index (χ1v) is 12.0. The molecule has 0 aromatic heterocycles. The Kier molecular flexibility index (Phi) is 7.69. The number of anilines is 1. The number of nitrogens with zero attached hydrogens (tertiary/aromatic N) is 3. The molecular weight excluding hydrogens is 493 g/mol. The lowest BCUT2D eigenvalue weighted by Crippen LogP contribution is -2.53. The number of benzene rings is 3. The SMILES string of the molecule is N#Cc1ccc(C(O)(CO)CN2CCN(c3ccc(Cl)cc3Cl)[C@H](c3ccc(Cl)cc3)C2)cc1. The molecule has 1 unspecified atom stereocenters. The number of aliphatic hydroxyl groups is 2. The van der Waals surface area contributed by atoms with Crippen LogP contribution in [0.3, 0.4) is 0 Å². The quantitative estimate of drug-likeness (QED) is 0.467. The van der Waals surface area contributed by atoms with Gasteiger partial charge in [0.25, 0.3) is 0 Å². The number of β-amino-alcohol motifs (C(OH)–C–C–N with tert-alkyl or cyclic N) is 1. The molecule has 8 heteroatoms. The van der Waals surface area contributed by atoms with E-state index < -0.39 is 12.2 Å². The van der Waals surface area contributed by atoms with Crippen molar-refractivity contribution in [3.8, 4) is 6.07 Å². The number of nitriles is 1. The van der Waals surface area contributed by atoms with Crippen LogP contribution in [0.4, 0.5) is 5.69 Å². The summed E-state index contributed by atoms with van der Waals surface area (Å²) in [5, 5.41) is 32.3. The fraction of sp³-hybridized carbons (Fsp3) is 0.269. The first-order chi connectivity index (χ1) is 16.3. The van der Waals surface area contributed by atoms with E-state index in [1.54, 1.807) is 30.3 Å². The average molecular weight is 517 g/mol. The molecule has 34 heavy (non-hydrogen) atoms. The van der Waals surface area contributed by atoms with Gasteiger partial charge >= 0.3 is 0 Å². The van der Waals surface area contributed by atoms with Crippen molar-refractivity contribution in [2.45, 2.75) is 11.6 Å². The van der Waals surface area contributed by atoms with Crippen LogP contribution in [-0.2, 0) is 5.60 Å². The van der Waals surface area contributed by atoms with Crippen LogP contribution < -0.4 is 4.90 Å². The maximum absolute atomic E-state index is 11.3. The highest BCUT2D eigenvalue weighted by Crippen LogP contribution is 2.37. The van der Waals surface area contributed by atoms with Crippen LogP contribution in [0, 0.1) is 11.3 Å². The smallest absolute Gasteiger partial charge is 0.125 e. The Labute approximate surface area is 214 Å². The minimum absolute atomic E-state index is 0.0615. The van der Waals surface area contributed by atoms with E-state index in [4.69, 9.17) is 40.1 Å². The second-order valence-electron chi connectivity index (χ2n) is 8.47. The van der Waals surface area contributed by atoms with E-state index in [-0.39, 0.29) is 12.6 Å². The molecule has 1 aliphatic rings. The van der Waals surface area contributed by atoms with Gasteiger partial charge in [-0.05, 0) is 53.6 Å². The van der Waals surface area contributed by atoms with Crippen molar-refractivity contribution in [2.24, 2.45) is 0 Å². The van der Waals surface area contributed by atoms with E-state index in [0.29, 0.717) is 45.8 Å². The van der Waals surface area contributed by atoms with Crippen LogP contribution in [0.1, 0.15) is 22.7 Å². The van der Waals surface area contributed by atoms with Crippen LogP contribution in [0.15, 0.2) is 66.7 Å². The monoisotopic (exact) mass is 515 g/mol. The summed E-state index contributed by atoms with van der Waals surface area (Å²) in [5.41, 5.74) is 1.56. The number of piperazine rings is 1. The zero-order valence-corrected chi connectivity index (χ0v) is 20.6. The van der Waals surface area contributed by atoms with E-state index in [2.05, 4.69) is 15.9 Å². The van der Waals surface area contributed by atoms with E-state index in [1.807, 2.05) is 36.4 Å². The fourth-order valence-corrected chi connectivity index (χ4v) is 5.06. The van der Waals surface area contributed by atoms with Crippen molar-refractivity contribution in [2.75, 3.05) is 37.7 Å². The lowest BCUT2D eigenvalue weighted by molar-refractivity contribution is -0.0481. The fourth-order valence-electron chi connectivity index (χ4n) is 4.41. The Hall–Kier alpha value is -2.30. The molecule has 1 aliphatic heterocycles. The van der Waals surface area contributed by atoms with Crippen molar-refractivity contribution >= 4 is 40.5 Å². The third-order valence-corrected chi connectivity index (χ3v) is 7.03. The molecule has 3 aromatic rings. The number of halogens is 3. The lowest BCUT2D eigenvalue weighted by atomic mass is 9.92. The van der Waals surface area contributed by atoms with E-state index in [1.165, 1.54) is 0 Å². The summed E-state index contributed by atoms with van der Waals surface area (Å²) >= 11 is 18.8. The number of hydrogen-bond acceptors (Lipinski definition) is 5. The zero-order chi connectivity index (χ0) is 24.3. The lowest BCUT2D eigenvalue weighted by Gasteiger charge is -2.45. The van der Waals surface area contributed by atoms with Crippen molar-refractivity contribution in [3.63, 3.8) is 0 Å². The molecule has 2 atom stereocenters. The van der Waals surface area contributed by atoms with Crippen molar-refractivity contribution < 1.29 is 10.2 Å². The van der Waals surface area contributed by atoms with Gasteiger partial charge in [0.1, 0.15) is 5.60 Å². The molecule has 2 N–H and O–H groups in total. The Morgan fingerprint density at radius 2 is 1.62 bits per heavy atom. The molecule has 1 saturated heterocycles. The first-order valence-electron chi connectivity index (χ1n) is 10.9. The van der Waals surface area contributed by atoms with Gasteiger partial charge in [0, 0.05) is 36.2 Å². The van der Waals surface area contributed by atoms with Crippen LogP contribution in [0.2, 0.25) is 15.1 Å². The maximum atomic E-state index is 11.3. The summed E-state index contributed by atoms with van der Waals surface area (Å²) < 4.78 is 0.